The van der Waals surface area contributed by atoms with Gasteiger partial charge in [-0.1, -0.05) is 96.6 Å². The zero-order chi connectivity index (χ0) is 23.1. The molecule has 3 aromatic rings. The van der Waals surface area contributed by atoms with E-state index in [1.807, 2.05) is 6.07 Å². The summed E-state index contributed by atoms with van der Waals surface area (Å²) in [5.74, 6) is 0.949. The van der Waals surface area contributed by atoms with Gasteiger partial charge in [-0.15, -0.1) is 11.3 Å². The maximum absolute atomic E-state index is 9.15. The van der Waals surface area contributed by atoms with Crippen LogP contribution >= 0.6 is 11.3 Å². The van der Waals surface area contributed by atoms with Crippen molar-refractivity contribution in [2.45, 2.75) is 73.6 Å². The fourth-order valence-corrected chi connectivity index (χ4v) is 3.80. The number of pyridine rings is 1. The Kier molecular flexibility index (Phi) is 13.2. The standard InChI is InChI=1S/C17H12N2S.C7H16.C4H10/c1-12-2-4-13(5-3-12)16-6-7-17(20-16)15-8-9-19-11-14(15)10-18;1-4-6-7(3)5-2;1-3-4-2/h2-9,11H,1H3;7H,4-6H2,1-3H3;3-4H2,1-2H3. The largest absolute Gasteiger partial charge is 0.263 e. The van der Waals surface area contributed by atoms with E-state index in [0.717, 1.165) is 16.4 Å². The molecule has 0 N–H and O–H groups in total. The first-order chi connectivity index (χ1) is 15.0. The minimum absolute atomic E-state index is 0.616. The first-order valence-corrected chi connectivity index (χ1v) is 12.3. The minimum atomic E-state index is 0.616. The molecule has 0 saturated carbocycles. The van der Waals surface area contributed by atoms with Crippen LogP contribution in [0.15, 0.2) is 54.9 Å². The number of rotatable bonds is 6. The third-order valence-corrected chi connectivity index (χ3v) is 6.30. The third kappa shape index (κ3) is 9.49. The molecule has 0 aliphatic rings. The Hall–Kier alpha value is -2.44. The van der Waals surface area contributed by atoms with Crippen molar-refractivity contribution in [1.82, 2.24) is 4.98 Å². The summed E-state index contributed by atoms with van der Waals surface area (Å²) in [5.41, 5.74) is 4.03. The number of nitriles is 1. The number of hydrogen-bond donors (Lipinski definition) is 0. The lowest BCUT2D eigenvalue weighted by Crippen LogP contribution is -1.88. The Balaban J connectivity index is 0.000000366. The van der Waals surface area contributed by atoms with Crippen molar-refractivity contribution < 1.29 is 0 Å². The van der Waals surface area contributed by atoms with Crippen LogP contribution in [0.2, 0.25) is 0 Å². The SMILES string of the molecule is CCCC.CCCC(C)CC.Cc1ccc(-c2ccc(-c3ccncc3C#N)s2)cc1. The van der Waals surface area contributed by atoms with Gasteiger partial charge in [0.1, 0.15) is 6.07 Å². The van der Waals surface area contributed by atoms with Gasteiger partial charge in [0.2, 0.25) is 0 Å². The third-order valence-electron chi connectivity index (χ3n) is 5.13. The predicted molar refractivity (Wildman–Crippen MR) is 137 cm³/mol. The summed E-state index contributed by atoms with van der Waals surface area (Å²) in [6.45, 7) is 13.2. The molecular formula is C28H38N2S. The number of thiophene rings is 1. The van der Waals surface area contributed by atoms with Crippen molar-refractivity contribution in [3.63, 3.8) is 0 Å². The second-order valence-electron chi connectivity index (χ2n) is 7.87. The maximum Gasteiger partial charge on any atom is 0.101 e. The van der Waals surface area contributed by atoms with Gasteiger partial charge in [0.25, 0.3) is 0 Å². The molecule has 31 heavy (non-hydrogen) atoms. The average molecular weight is 435 g/mol. The van der Waals surface area contributed by atoms with E-state index in [9.17, 15) is 0 Å². The molecule has 1 unspecified atom stereocenters. The van der Waals surface area contributed by atoms with Crippen molar-refractivity contribution >= 4 is 11.3 Å². The van der Waals surface area contributed by atoms with Crippen LogP contribution in [-0.4, -0.2) is 4.98 Å². The lowest BCUT2D eigenvalue weighted by atomic mass is 10.0. The molecule has 3 rings (SSSR count). The molecule has 0 aliphatic heterocycles. The Morgan fingerprint density at radius 1 is 0.903 bits per heavy atom. The van der Waals surface area contributed by atoms with E-state index in [2.05, 4.69) is 89.0 Å². The molecule has 1 aromatic carbocycles. The van der Waals surface area contributed by atoms with Crippen molar-refractivity contribution in [3.8, 4) is 27.0 Å². The van der Waals surface area contributed by atoms with Gasteiger partial charge in [0.05, 0.1) is 5.56 Å². The molecule has 0 amide bonds. The van der Waals surface area contributed by atoms with Gasteiger partial charge in [0, 0.05) is 27.7 Å². The smallest absolute Gasteiger partial charge is 0.101 e. The van der Waals surface area contributed by atoms with Gasteiger partial charge in [0.15, 0.2) is 0 Å². The maximum atomic E-state index is 9.15. The van der Waals surface area contributed by atoms with E-state index >= 15 is 0 Å². The van der Waals surface area contributed by atoms with Crippen molar-refractivity contribution in [3.05, 3.63) is 66.0 Å². The molecule has 0 aliphatic carbocycles. The first-order valence-electron chi connectivity index (χ1n) is 11.5. The minimum Gasteiger partial charge on any atom is -0.263 e. The number of aryl methyl sites for hydroxylation is 1. The molecule has 0 fully saturated rings. The zero-order valence-corrected chi connectivity index (χ0v) is 20.9. The fraction of sp³-hybridized carbons (Fsp3) is 0.429. The van der Waals surface area contributed by atoms with Gasteiger partial charge in [-0.3, -0.25) is 4.98 Å². The summed E-state index contributed by atoms with van der Waals surface area (Å²) in [4.78, 5) is 6.30. The Morgan fingerprint density at radius 2 is 1.55 bits per heavy atom. The van der Waals surface area contributed by atoms with E-state index in [0.29, 0.717) is 5.56 Å². The van der Waals surface area contributed by atoms with Crippen LogP contribution in [-0.2, 0) is 0 Å². The van der Waals surface area contributed by atoms with E-state index < -0.39 is 0 Å². The van der Waals surface area contributed by atoms with Crippen LogP contribution in [0, 0.1) is 24.2 Å². The highest BCUT2D eigenvalue weighted by Gasteiger charge is 2.08. The quantitative estimate of drug-likeness (QED) is 0.387. The molecule has 0 bridgehead atoms. The predicted octanol–water partition coefficient (Wildman–Crippen LogP) is 9.30. The second-order valence-corrected chi connectivity index (χ2v) is 8.95. The Bertz CT molecular complexity index is 901. The van der Waals surface area contributed by atoms with Crippen molar-refractivity contribution in [1.29, 1.82) is 5.26 Å². The van der Waals surface area contributed by atoms with Crippen LogP contribution in [0.1, 0.15) is 77.8 Å². The van der Waals surface area contributed by atoms with Crippen LogP contribution in [0.4, 0.5) is 0 Å². The molecule has 0 spiro atoms. The molecule has 0 radical (unpaired) electrons. The topological polar surface area (TPSA) is 36.7 Å². The van der Waals surface area contributed by atoms with E-state index in [1.165, 1.54) is 48.1 Å². The number of hydrogen-bond acceptors (Lipinski definition) is 3. The molecular weight excluding hydrogens is 396 g/mol. The monoisotopic (exact) mass is 434 g/mol. The number of nitrogens with zero attached hydrogens (tertiary/aromatic N) is 2. The molecule has 2 heterocycles. The molecule has 1 atom stereocenters. The van der Waals surface area contributed by atoms with E-state index in [-0.39, 0.29) is 0 Å². The summed E-state index contributed by atoms with van der Waals surface area (Å²) in [6, 6.07) is 16.7. The number of benzene rings is 1. The summed E-state index contributed by atoms with van der Waals surface area (Å²) < 4.78 is 0. The molecule has 0 saturated heterocycles. The number of unbranched alkanes of at least 4 members (excludes halogenated alkanes) is 1. The van der Waals surface area contributed by atoms with Crippen LogP contribution in [0.3, 0.4) is 0 Å². The average Bonchev–Trinajstić information content (AvgIpc) is 3.30. The van der Waals surface area contributed by atoms with Crippen LogP contribution in [0.25, 0.3) is 20.9 Å². The Morgan fingerprint density at radius 3 is 2.06 bits per heavy atom. The highest BCUT2D eigenvalue weighted by molar-refractivity contribution is 7.18. The van der Waals surface area contributed by atoms with Gasteiger partial charge < -0.3 is 0 Å². The fourth-order valence-electron chi connectivity index (χ4n) is 2.75. The summed E-state index contributed by atoms with van der Waals surface area (Å²) >= 11 is 1.70. The van der Waals surface area contributed by atoms with Gasteiger partial charge in [-0.25, -0.2) is 0 Å². The van der Waals surface area contributed by atoms with E-state index in [4.69, 9.17) is 5.26 Å². The highest BCUT2D eigenvalue weighted by atomic mass is 32.1. The summed E-state index contributed by atoms with van der Waals surface area (Å²) in [5, 5.41) is 9.15. The van der Waals surface area contributed by atoms with Crippen molar-refractivity contribution in [2.75, 3.05) is 0 Å². The zero-order valence-electron chi connectivity index (χ0n) is 20.1. The van der Waals surface area contributed by atoms with Crippen LogP contribution in [0.5, 0.6) is 0 Å². The summed E-state index contributed by atoms with van der Waals surface area (Å²) in [6.07, 6.45) is 10.1. The normalized spacial score (nSPS) is 10.7. The molecule has 2 aromatic heterocycles. The number of aromatic nitrogens is 1. The lowest BCUT2D eigenvalue weighted by Gasteiger charge is -2.02. The van der Waals surface area contributed by atoms with Crippen molar-refractivity contribution in [2.24, 2.45) is 5.92 Å². The van der Waals surface area contributed by atoms with Gasteiger partial charge in [-0.05, 0) is 36.6 Å². The van der Waals surface area contributed by atoms with E-state index in [1.54, 1.807) is 23.7 Å². The summed E-state index contributed by atoms with van der Waals surface area (Å²) in [7, 11) is 0. The second kappa shape index (κ2) is 15.4. The first kappa shape index (κ1) is 26.6. The molecule has 3 heteroatoms. The lowest BCUT2D eigenvalue weighted by molar-refractivity contribution is 0.509. The van der Waals surface area contributed by atoms with Gasteiger partial charge >= 0.3 is 0 Å². The Labute approximate surface area is 194 Å². The highest BCUT2D eigenvalue weighted by Crippen LogP contribution is 2.35. The van der Waals surface area contributed by atoms with Crippen LogP contribution < -0.4 is 0 Å². The molecule has 2 nitrogen and oxygen atoms in total. The molecule has 166 valence electrons. The van der Waals surface area contributed by atoms with Gasteiger partial charge in [-0.2, -0.15) is 5.26 Å².